The Hall–Kier alpha value is -1.25. The maximum Gasteiger partial charge on any atom is 0.148 e. The summed E-state index contributed by atoms with van der Waals surface area (Å²) in [6.07, 6.45) is 2.20. The van der Waals surface area contributed by atoms with Crippen LogP contribution in [0, 0.1) is 5.82 Å². The molecule has 2 N–H and O–H groups in total. The van der Waals surface area contributed by atoms with E-state index in [1.54, 1.807) is 12.1 Å². The summed E-state index contributed by atoms with van der Waals surface area (Å²) in [7, 11) is 0. The zero-order valence-corrected chi connectivity index (χ0v) is 9.46. The molecule has 1 aromatic rings. The van der Waals surface area contributed by atoms with Crippen LogP contribution in [0.5, 0.6) is 0 Å². The Morgan fingerprint density at radius 1 is 1.33 bits per heavy atom. The molecule has 15 heavy (non-hydrogen) atoms. The number of anilines is 2. The molecule has 0 atom stereocenters. The van der Waals surface area contributed by atoms with Crippen LogP contribution in [0.3, 0.4) is 0 Å². The molecule has 0 saturated carbocycles. The van der Waals surface area contributed by atoms with Crippen LogP contribution in [0.2, 0.25) is 0 Å². The molecule has 0 aromatic heterocycles. The van der Waals surface area contributed by atoms with Crippen molar-refractivity contribution in [1.29, 1.82) is 0 Å². The molecule has 84 valence electrons. The van der Waals surface area contributed by atoms with Gasteiger partial charge in [-0.05, 0) is 31.5 Å². The van der Waals surface area contributed by atoms with Gasteiger partial charge in [0.1, 0.15) is 5.82 Å². The number of rotatable bonds is 5. The van der Waals surface area contributed by atoms with Crippen LogP contribution in [0.25, 0.3) is 0 Å². The SMILES string of the molecule is CCCCN(CC)c1ccc(N)cc1F. The highest BCUT2D eigenvalue weighted by molar-refractivity contribution is 5.54. The van der Waals surface area contributed by atoms with Crippen LogP contribution >= 0.6 is 0 Å². The maximum absolute atomic E-state index is 13.6. The van der Waals surface area contributed by atoms with Crippen LogP contribution in [-0.4, -0.2) is 13.1 Å². The number of halogens is 1. The van der Waals surface area contributed by atoms with E-state index in [1.807, 2.05) is 11.8 Å². The molecule has 2 nitrogen and oxygen atoms in total. The second kappa shape index (κ2) is 5.59. The van der Waals surface area contributed by atoms with Gasteiger partial charge in [-0.3, -0.25) is 0 Å². The van der Waals surface area contributed by atoms with Crippen molar-refractivity contribution < 1.29 is 4.39 Å². The molecule has 0 bridgehead atoms. The molecular weight excluding hydrogens is 191 g/mol. The Morgan fingerprint density at radius 2 is 2.07 bits per heavy atom. The number of hydrogen-bond acceptors (Lipinski definition) is 2. The number of nitrogens with two attached hydrogens (primary N) is 1. The molecule has 0 unspecified atom stereocenters. The fourth-order valence-corrected chi connectivity index (χ4v) is 1.58. The first-order chi connectivity index (χ1) is 7.19. The molecular formula is C12H19FN2. The van der Waals surface area contributed by atoms with E-state index >= 15 is 0 Å². The fourth-order valence-electron chi connectivity index (χ4n) is 1.58. The van der Waals surface area contributed by atoms with Gasteiger partial charge in [-0.15, -0.1) is 0 Å². The lowest BCUT2D eigenvalue weighted by atomic mass is 10.2. The summed E-state index contributed by atoms with van der Waals surface area (Å²) in [5, 5.41) is 0. The van der Waals surface area contributed by atoms with Gasteiger partial charge in [0.25, 0.3) is 0 Å². The van der Waals surface area contributed by atoms with Gasteiger partial charge in [0.2, 0.25) is 0 Å². The van der Waals surface area contributed by atoms with E-state index in [4.69, 9.17) is 5.73 Å². The molecule has 0 radical (unpaired) electrons. The summed E-state index contributed by atoms with van der Waals surface area (Å²) in [6, 6.07) is 4.88. The van der Waals surface area contributed by atoms with Crippen LogP contribution in [0.4, 0.5) is 15.8 Å². The zero-order valence-electron chi connectivity index (χ0n) is 9.46. The quantitative estimate of drug-likeness (QED) is 0.757. The van der Waals surface area contributed by atoms with Gasteiger partial charge in [0, 0.05) is 18.8 Å². The number of benzene rings is 1. The summed E-state index contributed by atoms with van der Waals surface area (Å²) >= 11 is 0. The van der Waals surface area contributed by atoms with Gasteiger partial charge >= 0.3 is 0 Å². The van der Waals surface area contributed by atoms with Crippen molar-refractivity contribution in [3.63, 3.8) is 0 Å². The van der Waals surface area contributed by atoms with Crippen LogP contribution in [-0.2, 0) is 0 Å². The molecule has 0 amide bonds. The predicted octanol–water partition coefficient (Wildman–Crippen LogP) is 3.03. The maximum atomic E-state index is 13.6. The Morgan fingerprint density at radius 3 is 2.60 bits per heavy atom. The molecule has 1 aromatic carbocycles. The average Bonchev–Trinajstić information content (AvgIpc) is 2.21. The Balaban J connectivity index is 2.81. The minimum atomic E-state index is -0.229. The number of unbranched alkanes of at least 4 members (excludes halogenated alkanes) is 1. The van der Waals surface area contributed by atoms with E-state index in [0.29, 0.717) is 11.4 Å². The van der Waals surface area contributed by atoms with Crippen molar-refractivity contribution in [3.05, 3.63) is 24.0 Å². The van der Waals surface area contributed by atoms with Crippen LogP contribution in [0.1, 0.15) is 26.7 Å². The van der Waals surface area contributed by atoms with Crippen molar-refractivity contribution in [2.45, 2.75) is 26.7 Å². The normalized spacial score (nSPS) is 10.3. The van der Waals surface area contributed by atoms with Crippen LogP contribution < -0.4 is 10.6 Å². The van der Waals surface area contributed by atoms with E-state index in [2.05, 4.69) is 6.92 Å². The lowest BCUT2D eigenvalue weighted by molar-refractivity contribution is 0.614. The Bertz CT molecular complexity index is 312. The lowest BCUT2D eigenvalue weighted by Gasteiger charge is -2.23. The Labute approximate surface area is 90.9 Å². The molecule has 1 rings (SSSR count). The molecule has 3 heteroatoms. The number of nitrogen functional groups attached to an aromatic ring is 1. The van der Waals surface area contributed by atoms with Gasteiger partial charge in [0.05, 0.1) is 5.69 Å². The first-order valence-electron chi connectivity index (χ1n) is 5.49. The van der Waals surface area contributed by atoms with Crippen molar-refractivity contribution in [3.8, 4) is 0 Å². The summed E-state index contributed by atoms with van der Waals surface area (Å²) in [6.45, 7) is 5.88. The average molecular weight is 210 g/mol. The number of nitrogens with zero attached hydrogens (tertiary/aromatic N) is 1. The van der Waals surface area contributed by atoms with Crippen LogP contribution in [0.15, 0.2) is 18.2 Å². The number of hydrogen-bond donors (Lipinski definition) is 1. The molecule has 0 aliphatic rings. The summed E-state index contributed by atoms with van der Waals surface area (Å²) in [5.74, 6) is -0.229. The second-order valence-corrected chi connectivity index (χ2v) is 3.64. The van der Waals surface area contributed by atoms with Gasteiger partial charge in [-0.25, -0.2) is 4.39 Å². The van der Waals surface area contributed by atoms with Gasteiger partial charge in [0.15, 0.2) is 0 Å². The van der Waals surface area contributed by atoms with Crippen molar-refractivity contribution >= 4 is 11.4 Å². The second-order valence-electron chi connectivity index (χ2n) is 3.64. The van der Waals surface area contributed by atoms with Crippen molar-refractivity contribution in [2.24, 2.45) is 0 Å². The molecule has 0 spiro atoms. The molecule has 0 aliphatic carbocycles. The van der Waals surface area contributed by atoms with Gasteiger partial charge in [-0.2, -0.15) is 0 Å². The molecule has 0 aliphatic heterocycles. The van der Waals surface area contributed by atoms with Gasteiger partial charge in [-0.1, -0.05) is 13.3 Å². The zero-order chi connectivity index (χ0) is 11.3. The highest BCUT2D eigenvalue weighted by Gasteiger charge is 2.09. The van der Waals surface area contributed by atoms with E-state index < -0.39 is 0 Å². The highest BCUT2D eigenvalue weighted by Crippen LogP contribution is 2.21. The first-order valence-corrected chi connectivity index (χ1v) is 5.49. The third-order valence-electron chi connectivity index (χ3n) is 2.48. The molecule has 0 fully saturated rings. The van der Waals surface area contributed by atoms with Crippen molar-refractivity contribution in [2.75, 3.05) is 23.7 Å². The monoisotopic (exact) mass is 210 g/mol. The first kappa shape index (κ1) is 11.8. The minimum Gasteiger partial charge on any atom is -0.399 e. The summed E-state index contributed by atoms with van der Waals surface area (Å²) < 4.78 is 13.6. The third kappa shape index (κ3) is 3.11. The minimum absolute atomic E-state index is 0.229. The largest absolute Gasteiger partial charge is 0.399 e. The third-order valence-corrected chi connectivity index (χ3v) is 2.48. The van der Waals surface area contributed by atoms with E-state index in [9.17, 15) is 4.39 Å². The summed E-state index contributed by atoms with van der Waals surface area (Å²) in [5.41, 5.74) is 6.64. The van der Waals surface area contributed by atoms with E-state index in [0.717, 1.165) is 25.9 Å². The highest BCUT2D eigenvalue weighted by atomic mass is 19.1. The van der Waals surface area contributed by atoms with E-state index in [-0.39, 0.29) is 5.82 Å². The molecule has 0 saturated heterocycles. The van der Waals surface area contributed by atoms with Crippen molar-refractivity contribution in [1.82, 2.24) is 0 Å². The smallest absolute Gasteiger partial charge is 0.148 e. The predicted molar refractivity (Wildman–Crippen MR) is 63.6 cm³/mol. The Kier molecular flexibility index (Phi) is 4.40. The molecule has 0 heterocycles. The topological polar surface area (TPSA) is 29.3 Å². The lowest BCUT2D eigenvalue weighted by Crippen LogP contribution is -2.24. The standard InChI is InChI=1S/C12H19FN2/c1-3-5-8-15(4-2)12-7-6-10(14)9-11(12)13/h6-7,9H,3-5,8,14H2,1-2H3. The van der Waals surface area contributed by atoms with Gasteiger partial charge < -0.3 is 10.6 Å². The summed E-state index contributed by atoms with van der Waals surface area (Å²) in [4.78, 5) is 2.04. The fraction of sp³-hybridized carbons (Fsp3) is 0.500. The van der Waals surface area contributed by atoms with E-state index in [1.165, 1.54) is 6.07 Å².